The number of carbonyl (C=O) groups excluding carboxylic acids is 3. The predicted octanol–water partition coefficient (Wildman–Crippen LogP) is 3.84. The molecule has 1 aromatic heterocycles. The Hall–Kier alpha value is -3.05. The van der Waals surface area contributed by atoms with Gasteiger partial charge in [0.25, 0.3) is 5.91 Å². The molecule has 2 aliphatic carbocycles. The molecule has 2 aromatic rings. The molecule has 0 bridgehead atoms. The standard InChI is InChI=1S/C26H29ClN4O4/c1-35-23-10-16(27)9-20-19(23)11-21(30-20)26(34)31-13-15-5-2-6-18(15)24(31)25(33)29-17(12-28)8-14-4-3-7-22(14)32/h9-11,14-15,17-18,24,30H,2-8,13H2,1H3,(H,29,33)/t14-,15-,17-,18-,24-/m0/s1. The van der Waals surface area contributed by atoms with Crippen LogP contribution in [0.15, 0.2) is 18.2 Å². The number of rotatable bonds is 6. The lowest BCUT2D eigenvalue weighted by atomic mass is 9.92. The molecule has 35 heavy (non-hydrogen) atoms. The number of amides is 2. The minimum atomic E-state index is -0.744. The number of aromatic amines is 1. The van der Waals surface area contributed by atoms with E-state index in [1.54, 1.807) is 30.2 Å². The van der Waals surface area contributed by atoms with Crippen molar-refractivity contribution in [3.8, 4) is 11.8 Å². The fraction of sp³-hybridized carbons (Fsp3) is 0.538. The normalized spacial score (nSPS) is 26.5. The number of carbonyl (C=O) groups is 3. The van der Waals surface area contributed by atoms with E-state index in [1.807, 2.05) is 0 Å². The van der Waals surface area contributed by atoms with Crippen molar-refractivity contribution < 1.29 is 19.1 Å². The predicted molar refractivity (Wildman–Crippen MR) is 130 cm³/mol. The molecule has 2 saturated carbocycles. The van der Waals surface area contributed by atoms with Gasteiger partial charge in [-0.05, 0) is 62.1 Å². The second-order valence-corrected chi connectivity index (χ2v) is 10.4. The Balaban J connectivity index is 1.38. The Morgan fingerprint density at radius 3 is 2.83 bits per heavy atom. The number of ether oxygens (including phenoxy) is 1. The quantitative estimate of drug-likeness (QED) is 0.630. The molecule has 184 valence electrons. The summed E-state index contributed by atoms with van der Waals surface area (Å²) in [6.45, 7) is 0.507. The average Bonchev–Trinajstić information content (AvgIpc) is 3.61. The van der Waals surface area contributed by atoms with Crippen LogP contribution in [-0.2, 0) is 9.59 Å². The summed E-state index contributed by atoms with van der Waals surface area (Å²) >= 11 is 6.18. The Bertz CT molecular complexity index is 1220. The molecule has 1 saturated heterocycles. The molecule has 3 fully saturated rings. The highest BCUT2D eigenvalue weighted by molar-refractivity contribution is 6.31. The molecule has 5 atom stereocenters. The van der Waals surface area contributed by atoms with E-state index in [4.69, 9.17) is 16.3 Å². The highest BCUT2D eigenvalue weighted by Crippen LogP contribution is 2.43. The number of hydrogen-bond acceptors (Lipinski definition) is 5. The van der Waals surface area contributed by atoms with Crippen molar-refractivity contribution in [2.24, 2.45) is 17.8 Å². The number of fused-ring (bicyclic) bond motifs is 2. The highest BCUT2D eigenvalue weighted by atomic mass is 35.5. The van der Waals surface area contributed by atoms with Gasteiger partial charge in [0.2, 0.25) is 5.91 Å². The van der Waals surface area contributed by atoms with Gasteiger partial charge in [-0.2, -0.15) is 5.26 Å². The zero-order valence-electron chi connectivity index (χ0n) is 19.7. The minimum Gasteiger partial charge on any atom is -0.496 e. The van der Waals surface area contributed by atoms with E-state index in [-0.39, 0.29) is 35.4 Å². The van der Waals surface area contributed by atoms with Crippen LogP contribution in [0.3, 0.4) is 0 Å². The summed E-state index contributed by atoms with van der Waals surface area (Å²) in [7, 11) is 1.55. The maximum atomic E-state index is 13.7. The summed E-state index contributed by atoms with van der Waals surface area (Å²) in [5.74, 6) is 0.333. The average molecular weight is 497 g/mol. The summed E-state index contributed by atoms with van der Waals surface area (Å²) in [6, 6.07) is 5.94. The van der Waals surface area contributed by atoms with Gasteiger partial charge in [0.1, 0.15) is 29.3 Å². The lowest BCUT2D eigenvalue weighted by Crippen LogP contribution is -2.51. The molecular formula is C26H29ClN4O4. The van der Waals surface area contributed by atoms with Crippen molar-refractivity contribution >= 4 is 40.1 Å². The molecule has 0 spiro atoms. The lowest BCUT2D eigenvalue weighted by molar-refractivity contribution is -0.127. The van der Waals surface area contributed by atoms with E-state index in [2.05, 4.69) is 16.4 Å². The second-order valence-electron chi connectivity index (χ2n) is 9.99. The molecule has 0 unspecified atom stereocenters. The van der Waals surface area contributed by atoms with Gasteiger partial charge in [-0.1, -0.05) is 18.0 Å². The summed E-state index contributed by atoms with van der Waals surface area (Å²) in [5.41, 5.74) is 1.05. The van der Waals surface area contributed by atoms with Gasteiger partial charge in [0.05, 0.1) is 18.7 Å². The van der Waals surface area contributed by atoms with Crippen LogP contribution in [0.4, 0.5) is 0 Å². The third-order valence-electron chi connectivity index (χ3n) is 7.96. The van der Waals surface area contributed by atoms with Crippen molar-refractivity contribution in [1.29, 1.82) is 5.26 Å². The van der Waals surface area contributed by atoms with Gasteiger partial charge in [-0.25, -0.2) is 0 Å². The lowest BCUT2D eigenvalue weighted by Gasteiger charge is -2.28. The van der Waals surface area contributed by atoms with Crippen LogP contribution in [0.5, 0.6) is 5.75 Å². The van der Waals surface area contributed by atoms with Gasteiger partial charge in [0, 0.05) is 29.3 Å². The van der Waals surface area contributed by atoms with Crippen molar-refractivity contribution in [3.63, 3.8) is 0 Å². The number of nitrogens with one attached hydrogen (secondary N) is 2. The first-order valence-electron chi connectivity index (χ1n) is 12.3. The molecule has 2 N–H and O–H groups in total. The van der Waals surface area contributed by atoms with Crippen molar-refractivity contribution in [2.75, 3.05) is 13.7 Å². The van der Waals surface area contributed by atoms with Crippen molar-refractivity contribution in [3.05, 3.63) is 28.9 Å². The maximum absolute atomic E-state index is 13.7. The van der Waals surface area contributed by atoms with E-state index in [0.717, 1.165) is 37.5 Å². The van der Waals surface area contributed by atoms with Crippen molar-refractivity contribution in [2.45, 2.75) is 57.0 Å². The first-order chi connectivity index (χ1) is 16.9. The number of benzene rings is 1. The van der Waals surface area contributed by atoms with Gasteiger partial charge in [0.15, 0.2) is 0 Å². The number of methoxy groups -OCH3 is 1. The number of hydrogen-bond donors (Lipinski definition) is 2. The number of aromatic nitrogens is 1. The fourth-order valence-electron chi connectivity index (χ4n) is 6.28. The van der Waals surface area contributed by atoms with E-state index < -0.39 is 12.1 Å². The molecule has 3 aliphatic rings. The van der Waals surface area contributed by atoms with Crippen LogP contribution in [0.1, 0.15) is 55.4 Å². The number of Topliss-reactive ketones (excluding diaryl/α,β-unsaturated/α-hetero) is 1. The molecule has 0 radical (unpaired) electrons. The molecule has 2 heterocycles. The Morgan fingerprint density at radius 1 is 1.29 bits per heavy atom. The number of halogens is 1. The van der Waals surface area contributed by atoms with Gasteiger partial charge >= 0.3 is 0 Å². The topological polar surface area (TPSA) is 115 Å². The molecule has 9 heteroatoms. The van der Waals surface area contributed by atoms with Crippen LogP contribution in [-0.4, -0.2) is 53.2 Å². The van der Waals surface area contributed by atoms with Crippen LogP contribution >= 0.6 is 11.6 Å². The number of likely N-dealkylation sites (tertiary alicyclic amines) is 1. The van der Waals surface area contributed by atoms with E-state index in [0.29, 0.717) is 41.4 Å². The number of ketones is 1. The molecule has 1 aliphatic heterocycles. The number of nitriles is 1. The molecule has 1 aromatic carbocycles. The van der Waals surface area contributed by atoms with Gasteiger partial charge in [-0.15, -0.1) is 0 Å². The summed E-state index contributed by atoms with van der Waals surface area (Å²) < 4.78 is 5.42. The van der Waals surface area contributed by atoms with Crippen LogP contribution in [0.25, 0.3) is 10.9 Å². The Labute approximate surface area is 208 Å². The van der Waals surface area contributed by atoms with E-state index in [1.165, 1.54) is 0 Å². The number of nitrogens with zero attached hydrogens (tertiary/aromatic N) is 2. The third kappa shape index (κ3) is 4.38. The summed E-state index contributed by atoms with van der Waals surface area (Å²) in [5, 5.41) is 13.8. The first kappa shape index (κ1) is 23.7. The zero-order chi connectivity index (χ0) is 24.7. The highest BCUT2D eigenvalue weighted by Gasteiger charge is 2.50. The molecule has 5 rings (SSSR count). The fourth-order valence-corrected chi connectivity index (χ4v) is 6.49. The van der Waals surface area contributed by atoms with E-state index in [9.17, 15) is 19.6 Å². The van der Waals surface area contributed by atoms with Crippen molar-refractivity contribution in [1.82, 2.24) is 15.2 Å². The van der Waals surface area contributed by atoms with Crippen LogP contribution in [0, 0.1) is 29.1 Å². The van der Waals surface area contributed by atoms with E-state index >= 15 is 0 Å². The second kappa shape index (κ2) is 9.54. The smallest absolute Gasteiger partial charge is 0.271 e. The molecule has 2 amide bonds. The monoisotopic (exact) mass is 496 g/mol. The molecule has 8 nitrogen and oxygen atoms in total. The first-order valence-corrected chi connectivity index (χ1v) is 12.7. The van der Waals surface area contributed by atoms with Gasteiger partial charge in [-0.3, -0.25) is 14.4 Å². The SMILES string of the molecule is COc1cc(Cl)cc2[nH]c(C(=O)N3C[C@@H]4CCC[C@@H]4[C@H]3C(=O)N[C@H](C#N)C[C@@H]3CCCC3=O)cc12. The summed E-state index contributed by atoms with van der Waals surface area (Å²) in [4.78, 5) is 44.0. The molecular weight excluding hydrogens is 468 g/mol. The zero-order valence-corrected chi connectivity index (χ0v) is 20.4. The minimum absolute atomic E-state index is 0.0692. The summed E-state index contributed by atoms with van der Waals surface area (Å²) in [6.07, 6.45) is 5.36. The maximum Gasteiger partial charge on any atom is 0.271 e. The third-order valence-corrected chi connectivity index (χ3v) is 8.18. The van der Waals surface area contributed by atoms with Gasteiger partial charge < -0.3 is 19.9 Å². The Morgan fingerprint density at radius 2 is 2.11 bits per heavy atom. The van der Waals surface area contributed by atoms with Crippen LogP contribution < -0.4 is 10.1 Å². The number of H-pyrrole nitrogens is 1. The Kier molecular flexibility index (Phi) is 6.45. The largest absolute Gasteiger partial charge is 0.496 e. The van der Waals surface area contributed by atoms with Crippen LogP contribution in [0.2, 0.25) is 5.02 Å².